The summed E-state index contributed by atoms with van der Waals surface area (Å²) in [7, 11) is 0. The smallest absolute Gasteiger partial charge is 0.306 e. The number of nitrogens with zero attached hydrogens (tertiary/aromatic N) is 3. The Morgan fingerprint density at radius 3 is 2.79 bits per heavy atom. The largest absolute Gasteiger partial charge is 0.474 e. The van der Waals surface area contributed by atoms with E-state index in [0.717, 1.165) is 16.7 Å². The second-order valence-corrected chi connectivity index (χ2v) is 8.23. The van der Waals surface area contributed by atoms with Crippen molar-refractivity contribution in [2.24, 2.45) is 0 Å². The zero-order valence-electron chi connectivity index (χ0n) is 18.5. The van der Waals surface area contributed by atoms with Gasteiger partial charge in [-0.25, -0.2) is 9.37 Å². The maximum Gasteiger partial charge on any atom is 0.306 e. The van der Waals surface area contributed by atoms with Crippen molar-refractivity contribution in [1.29, 1.82) is 0 Å². The zero-order chi connectivity index (χ0) is 23.5. The Morgan fingerprint density at radius 2 is 2.06 bits per heavy atom. The maximum atomic E-state index is 14.5. The molecule has 0 saturated heterocycles. The van der Waals surface area contributed by atoms with Crippen molar-refractivity contribution in [2.75, 3.05) is 6.61 Å². The average Bonchev–Trinajstić information content (AvgIpc) is 3.40. The minimum atomic E-state index is -0.418. The van der Waals surface area contributed by atoms with Gasteiger partial charge in [-0.05, 0) is 68.5 Å². The molecule has 0 amide bonds. The van der Waals surface area contributed by atoms with Crippen molar-refractivity contribution >= 4 is 23.1 Å². The number of fused-ring (bicyclic) bond motifs is 1. The van der Waals surface area contributed by atoms with Crippen LogP contribution in [0.1, 0.15) is 44.7 Å². The molecule has 0 spiro atoms. The summed E-state index contributed by atoms with van der Waals surface area (Å²) >= 11 is 6.27. The van der Waals surface area contributed by atoms with Gasteiger partial charge in [0.05, 0.1) is 18.3 Å². The summed E-state index contributed by atoms with van der Waals surface area (Å²) in [6.07, 6.45) is 4.75. The number of pyridine rings is 1. The van der Waals surface area contributed by atoms with Crippen LogP contribution in [-0.4, -0.2) is 33.8 Å². The second kappa shape index (κ2) is 9.70. The molecular formula is C24H23ClFN3O4. The predicted octanol–water partition coefficient (Wildman–Crippen LogP) is 5.66. The van der Waals surface area contributed by atoms with Crippen LogP contribution in [0.3, 0.4) is 0 Å². The Labute approximate surface area is 195 Å². The highest BCUT2D eigenvalue weighted by atomic mass is 35.5. The molecule has 9 heteroatoms. The highest BCUT2D eigenvalue weighted by Crippen LogP contribution is 2.38. The van der Waals surface area contributed by atoms with E-state index in [1.807, 2.05) is 19.9 Å². The van der Waals surface area contributed by atoms with Gasteiger partial charge < -0.3 is 14.0 Å². The van der Waals surface area contributed by atoms with Gasteiger partial charge in [0.2, 0.25) is 11.7 Å². The number of carbonyl (C=O) groups excluding carboxylic acids is 1. The fourth-order valence-corrected chi connectivity index (χ4v) is 3.90. The third-order valence-corrected chi connectivity index (χ3v) is 5.36. The number of carbonyl (C=O) groups is 1. The van der Waals surface area contributed by atoms with E-state index in [9.17, 15) is 9.18 Å². The highest BCUT2D eigenvalue weighted by molar-refractivity contribution is 6.32. The second-order valence-electron chi connectivity index (χ2n) is 7.82. The van der Waals surface area contributed by atoms with Gasteiger partial charge in [0.15, 0.2) is 0 Å². The van der Waals surface area contributed by atoms with E-state index in [1.54, 1.807) is 13.0 Å². The van der Waals surface area contributed by atoms with Crippen molar-refractivity contribution in [2.45, 2.75) is 46.1 Å². The SMILES string of the molecule is CCOC(=O)CCC1=CCc2c1cc(F)cc2-c1noc(-c2cnc(OC(C)C)c(Cl)c2)n1. The number of benzene rings is 1. The first-order chi connectivity index (χ1) is 15.9. The maximum absolute atomic E-state index is 14.5. The first-order valence-corrected chi connectivity index (χ1v) is 11.1. The Balaban J connectivity index is 1.59. The minimum absolute atomic E-state index is 0.0679. The Morgan fingerprint density at radius 1 is 1.27 bits per heavy atom. The molecule has 0 radical (unpaired) electrons. The van der Waals surface area contributed by atoms with Gasteiger partial charge in [-0.15, -0.1) is 0 Å². The van der Waals surface area contributed by atoms with Gasteiger partial charge in [-0.2, -0.15) is 4.98 Å². The number of allylic oxidation sites excluding steroid dienone is 2. The molecule has 1 aliphatic carbocycles. The highest BCUT2D eigenvalue weighted by Gasteiger charge is 2.23. The van der Waals surface area contributed by atoms with Crippen LogP contribution in [0.25, 0.3) is 28.4 Å². The van der Waals surface area contributed by atoms with Crippen molar-refractivity contribution in [3.8, 4) is 28.7 Å². The quantitative estimate of drug-likeness (QED) is 0.391. The number of halogens is 2. The van der Waals surface area contributed by atoms with Crippen LogP contribution in [-0.2, 0) is 16.0 Å². The third kappa shape index (κ3) is 5.06. The van der Waals surface area contributed by atoms with Gasteiger partial charge in [0, 0.05) is 18.2 Å². The molecule has 0 unspecified atom stereocenters. The van der Waals surface area contributed by atoms with E-state index in [-0.39, 0.29) is 30.2 Å². The number of hydrogen-bond acceptors (Lipinski definition) is 7. The van der Waals surface area contributed by atoms with E-state index >= 15 is 0 Å². The number of esters is 1. The summed E-state index contributed by atoms with van der Waals surface area (Å²) in [5, 5.41) is 4.38. The van der Waals surface area contributed by atoms with Crippen LogP contribution < -0.4 is 4.74 Å². The summed E-state index contributed by atoms with van der Waals surface area (Å²) < 4.78 is 30.4. The normalized spacial score (nSPS) is 12.6. The van der Waals surface area contributed by atoms with Crippen LogP contribution in [0.4, 0.5) is 4.39 Å². The summed E-state index contributed by atoms with van der Waals surface area (Å²) in [5.41, 5.74) is 3.61. The molecule has 0 bridgehead atoms. The average molecular weight is 472 g/mol. The molecule has 7 nitrogen and oxygen atoms in total. The van der Waals surface area contributed by atoms with Gasteiger partial charge in [0.1, 0.15) is 10.8 Å². The first-order valence-electron chi connectivity index (χ1n) is 10.7. The first kappa shape index (κ1) is 22.9. The number of aromatic nitrogens is 3. The molecule has 0 aliphatic heterocycles. The number of hydrogen-bond donors (Lipinski definition) is 0. The summed E-state index contributed by atoms with van der Waals surface area (Å²) in [6.45, 7) is 5.86. The predicted molar refractivity (Wildman–Crippen MR) is 121 cm³/mol. The van der Waals surface area contributed by atoms with Crippen LogP contribution in [0.5, 0.6) is 5.88 Å². The standard InChI is InChI=1S/C24H23ClFN3O4/c1-4-31-21(30)8-6-14-5-7-17-18(14)10-16(26)11-19(17)22-28-23(33-29-22)15-9-20(25)24(27-12-15)32-13(2)3/h5,9-13H,4,6-8H2,1-3H3. The lowest BCUT2D eigenvalue weighted by atomic mass is 9.97. The third-order valence-electron chi connectivity index (χ3n) is 5.09. The fraction of sp³-hybridized carbons (Fsp3) is 0.333. The number of ether oxygens (including phenoxy) is 2. The molecule has 33 heavy (non-hydrogen) atoms. The van der Waals surface area contributed by atoms with Gasteiger partial charge in [-0.3, -0.25) is 4.79 Å². The van der Waals surface area contributed by atoms with E-state index < -0.39 is 5.82 Å². The molecular weight excluding hydrogens is 449 g/mol. The zero-order valence-corrected chi connectivity index (χ0v) is 19.3. The molecule has 172 valence electrons. The molecule has 0 atom stereocenters. The molecule has 1 aliphatic rings. The molecule has 2 aromatic heterocycles. The Hall–Kier alpha value is -3.26. The van der Waals surface area contributed by atoms with Gasteiger partial charge in [-0.1, -0.05) is 22.8 Å². The molecule has 0 N–H and O–H groups in total. The van der Waals surface area contributed by atoms with E-state index in [1.165, 1.54) is 18.3 Å². The van der Waals surface area contributed by atoms with Crippen molar-refractivity contribution in [3.05, 3.63) is 52.4 Å². The van der Waals surface area contributed by atoms with Crippen LogP contribution in [0.2, 0.25) is 5.02 Å². The minimum Gasteiger partial charge on any atom is -0.474 e. The lowest BCUT2D eigenvalue weighted by Gasteiger charge is -2.10. The van der Waals surface area contributed by atoms with Gasteiger partial charge in [0.25, 0.3) is 5.89 Å². The lowest BCUT2D eigenvalue weighted by Crippen LogP contribution is -2.07. The molecule has 2 heterocycles. The van der Waals surface area contributed by atoms with Crippen LogP contribution >= 0.6 is 11.6 Å². The van der Waals surface area contributed by atoms with Crippen molar-refractivity contribution in [1.82, 2.24) is 15.1 Å². The molecule has 0 saturated carbocycles. The molecule has 3 aromatic rings. The van der Waals surface area contributed by atoms with E-state index in [2.05, 4.69) is 15.1 Å². The Kier molecular flexibility index (Phi) is 6.74. The molecule has 0 fully saturated rings. The topological polar surface area (TPSA) is 87.3 Å². The number of rotatable bonds is 8. The van der Waals surface area contributed by atoms with Crippen molar-refractivity contribution in [3.63, 3.8) is 0 Å². The van der Waals surface area contributed by atoms with E-state index in [4.69, 9.17) is 25.6 Å². The van der Waals surface area contributed by atoms with Gasteiger partial charge >= 0.3 is 5.97 Å². The molecule has 4 rings (SSSR count). The van der Waals surface area contributed by atoms with Crippen molar-refractivity contribution < 1.29 is 23.2 Å². The Bertz CT molecular complexity index is 1220. The monoisotopic (exact) mass is 471 g/mol. The van der Waals surface area contributed by atoms with Crippen LogP contribution in [0, 0.1) is 5.82 Å². The fourth-order valence-electron chi connectivity index (χ4n) is 3.69. The summed E-state index contributed by atoms with van der Waals surface area (Å²) in [4.78, 5) is 20.4. The lowest BCUT2D eigenvalue weighted by molar-refractivity contribution is -0.142. The van der Waals surface area contributed by atoms with Crippen LogP contribution in [0.15, 0.2) is 35.0 Å². The molecule has 1 aromatic carbocycles. The summed E-state index contributed by atoms with van der Waals surface area (Å²) in [6, 6.07) is 4.50. The summed E-state index contributed by atoms with van der Waals surface area (Å²) in [5.74, 6) is 0.100. The van der Waals surface area contributed by atoms with E-state index in [0.29, 0.717) is 41.5 Å².